The number of carbonyl (C=O) groups is 1. The number of aryl methyl sites for hydroxylation is 1. The molecule has 4 aliphatic rings. The van der Waals surface area contributed by atoms with E-state index in [9.17, 15) is 15.0 Å². The average Bonchev–Trinajstić information content (AvgIpc) is 3.28. The fourth-order valence-electron chi connectivity index (χ4n) is 9.83. The molecule has 0 spiro atoms. The number of pyridine rings is 1. The van der Waals surface area contributed by atoms with Gasteiger partial charge in [0.05, 0.1) is 44.1 Å². The van der Waals surface area contributed by atoms with Gasteiger partial charge in [-0.1, -0.05) is 48.3 Å². The van der Waals surface area contributed by atoms with E-state index >= 15 is 0 Å². The van der Waals surface area contributed by atoms with Crippen molar-refractivity contribution in [2.75, 3.05) is 40.6 Å². The first kappa shape index (κ1) is 44.3. The molecule has 1 unspecified atom stereocenters. The maximum Gasteiger partial charge on any atom is 0.239 e. The fourth-order valence-corrected chi connectivity index (χ4v) is 9.83. The Labute approximate surface area is 360 Å². The molecule has 328 valence electrons. The largest absolute Gasteiger partial charge is 0.497 e. The first-order valence-corrected chi connectivity index (χ1v) is 22.1. The van der Waals surface area contributed by atoms with E-state index in [1.807, 2.05) is 68.6 Å². The number of hydrogen-bond donors (Lipinski definition) is 2. The molecular formula is C49H63N3O9. The third kappa shape index (κ3) is 10.1. The molecule has 0 bridgehead atoms. The van der Waals surface area contributed by atoms with Gasteiger partial charge in [0.1, 0.15) is 29.9 Å². The lowest BCUT2D eigenvalue weighted by atomic mass is 9.55. The maximum atomic E-state index is 14.6. The number of unbranched alkanes of at least 4 members (excludes halogenated alkanes) is 2. The van der Waals surface area contributed by atoms with E-state index in [0.29, 0.717) is 49.7 Å². The van der Waals surface area contributed by atoms with Crippen molar-refractivity contribution in [1.29, 1.82) is 0 Å². The van der Waals surface area contributed by atoms with E-state index in [2.05, 4.69) is 23.7 Å². The van der Waals surface area contributed by atoms with Gasteiger partial charge < -0.3 is 43.6 Å². The lowest BCUT2D eigenvalue weighted by molar-refractivity contribution is -0.255. The number of nitrogens with zero attached hydrogens (tertiary/aromatic N) is 3. The summed E-state index contributed by atoms with van der Waals surface area (Å²) in [5.41, 5.74) is 5.28. The number of methoxy groups -OCH3 is 1. The van der Waals surface area contributed by atoms with Crippen LogP contribution in [0, 0.1) is 24.7 Å². The molecule has 2 fully saturated rings. The Morgan fingerprint density at radius 2 is 1.85 bits per heavy atom. The van der Waals surface area contributed by atoms with E-state index < -0.39 is 24.0 Å². The van der Waals surface area contributed by atoms with Gasteiger partial charge in [-0.25, -0.2) is 0 Å². The number of oxime groups is 1. The topological polar surface area (TPSA) is 141 Å². The monoisotopic (exact) mass is 837 g/mol. The van der Waals surface area contributed by atoms with Crippen LogP contribution in [0.4, 0.5) is 0 Å². The number of hydrogen-bond acceptors (Lipinski definition) is 11. The van der Waals surface area contributed by atoms with Crippen LogP contribution in [0.5, 0.6) is 17.2 Å². The number of likely N-dealkylation sites (N-methyl/N-ethyl adjacent to an activating group) is 1. The predicted octanol–water partition coefficient (Wildman–Crippen LogP) is 7.84. The lowest BCUT2D eigenvalue weighted by Gasteiger charge is -2.59. The molecule has 3 heterocycles. The molecule has 1 amide bonds. The summed E-state index contributed by atoms with van der Waals surface area (Å²) in [6.07, 6.45) is 11.5. The van der Waals surface area contributed by atoms with Gasteiger partial charge in [-0.15, -0.1) is 6.58 Å². The Bertz CT molecular complexity index is 2010. The van der Waals surface area contributed by atoms with Gasteiger partial charge in [-0.3, -0.25) is 9.78 Å². The van der Waals surface area contributed by atoms with Gasteiger partial charge in [-0.05, 0) is 111 Å². The molecular weight excluding hydrogens is 775 g/mol. The second-order valence-electron chi connectivity index (χ2n) is 16.8. The Morgan fingerprint density at radius 1 is 1.03 bits per heavy atom. The minimum Gasteiger partial charge on any atom is -0.497 e. The van der Waals surface area contributed by atoms with Gasteiger partial charge in [0, 0.05) is 50.3 Å². The van der Waals surface area contributed by atoms with Gasteiger partial charge in [0.15, 0.2) is 0 Å². The lowest BCUT2D eigenvalue weighted by Crippen LogP contribution is -2.69. The summed E-state index contributed by atoms with van der Waals surface area (Å²) in [7, 11) is 3.44. The van der Waals surface area contributed by atoms with E-state index in [0.717, 1.165) is 78.7 Å². The molecule has 1 saturated carbocycles. The second-order valence-corrected chi connectivity index (χ2v) is 16.8. The SMILES string of the molecule is C=CCO[C@@]12Oc3ccc(OCc4cccc(C)n4)cc3[C@H]3[C@H](CCCCO)[C@@H](CCCCO)C=C(C(=NOC4CCCCO4)C[C@@H]1N(C)C(=O)Cc1cccc(OC)c1)[C@H]32. The molecule has 61 heavy (non-hydrogen) atoms. The van der Waals surface area contributed by atoms with Gasteiger partial charge >= 0.3 is 0 Å². The van der Waals surface area contributed by atoms with Crippen molar-refractivity contribution in [2.45, 2.75) is 108 Å². The van der Waals surface area contributed by atoms with Crippen LogP contribution in [0.25, 0.3) is 0 Å². The van der Waals surface area contributed by atoms with Crippen LogP contribution in [0.2, 0.25) is 0 Å². The number of ether oxygens (including phenoxy) is 5. The predicted molar refractivity (Wildman–Crippen MR) is 232 cm³/mol. The Balaban J connectivity index is 1.38. The highest BCUT2D eigenvalue weighted by molar-refractivity contribution is 6.03. The normalized spacial score (nSPS) is 26.0. The minimum atomic E-state index is -1.35. The van der Waals surface area contributed by atoms with Crippen LogP contribution in [0.3, 0.4) is 0 Å². The third-order valence-electron chi connectivity index (χ3n) is 12.7. The molecule has 12 nitrogen and oxygen atoms in total. The standard InChI is InChI=1S/C49H63N3O9/c1-5-25-59-49-44(52(3)45(55)28-34-15-13-18-37(27-34)56-4)31-42(51-61-46-20-8-11-26-57-46)40-29-35(16-6-9-23-53)39(19-7-10-24-54)47(48(40)49)41-30-38(21-22-43(41)60-49)58-32-36-17-12-14-33(2)50-36/h5,12-15,17-18,21-22,27,29-30,35,39,44,46-48,53-54H,1,6-11,16,19-20,23-26,28,31-32H2,2-4H3/t35-,39+,44-,46?,47+,48+,49+/m0/s1. The Morgan fingerprint density at radius 3 is 2.61 bits per heavy atom. The van der Waals surface area contributed by atoms with Gasteiger partial charge in [0.2, 0.25) is 18.0 Å². The molecule has 2 N–H and O–H groups in total. The van der Waals surface area contributed by atoms with E-state index in [4.69, 9.17) is 33.7 Å². The number of aromatic nitrogens is 1. The van der Waals surface area contributed by atoms with Crippen molar-refractivity contribution >= 4 is 11.6 Å². The minimum absolute atomic E-state index is 0.0856. The van der Waals surface area contributed by atoms with E-state index in [1.165, 1.54) is 0 Å². The molecule has 3 aromatic rings. The number of aliphatic hydroxyl groups is 2. The highest BCUT2D eigenvalue weighted by atomic mass is 16.8. The van der Waals surface area contributed by atoms with Crippen molar-refractivity contribution in [3.05, 3.63) is 107 Å². The maximum absolute atomic E-state index is 14.6. The zero-order valence-corrected chi connectivity index (χ0v) is 36.0. The van der Waals surface area contributed by atoms with Gasteiger partial charge in [-0.2, -0.15) is 0 Å². The molecule has 1 aromatic heterocycles. The molecule has 2 aromatic carbocycles. The quantitative estimate of drug-likeness (QED) is 0.0657. The third-order valence-corrected chi connectivity index (χ3v) is 12.7. The highest BCUT2D eigenvalue weighted by Crippen LogP contribution is 2.62. The summed E-state index contributed by atoms with van der Waals surface area (Å²) >= 11 is 0. The van der Waals surface area contributed by atoms with Crippen molar-refractivity contribution in [3.63, 3.8) is 0 Å². The fraction of sp³-hybridized carbons (Fsp3) is 0.531. The molecule has 1 saturated heterocycles. The van der Waals surface area contributed by atoms with Crippen molar-refractivity contribution in [3.8, 4) is 17.2 Å². The van der Waals surface area contributed by atoms with Crippen molar-refractivity contribution < 1.29 is 43.5 Å². The highest BCUT2D eigenvalue weighted by Gasteiger charge is 2.65. The summed E-state index contributed by atoms with van der Waals surface area (Å²) in [4.78, 5) is 27.3. The van der Waals surface area contributed by atoms with Crippen molar-refractivity contribution in [1.82, 2.24) is 9.88 Å². The Kier molecular flexibility index (Phi) is 15.2. The number of benzene rings is 2. The van der Waals surface area contributed by atoms with Crippen LogP contribution in [0.1, 0.15) is 92.6 Å². The summed E-state index contributed by atoms with van der Waals surface area (Å²) in [6.45, 7) is 7.33. The second kappa shape index (κ2) is 20.9. The number of amides is 1. The zero-order chi connectivity index (χ0) is 42.8. The first-order chi connectivity index (χ1) is 29.8. The van der Waals surface area contributed by atoms with Crippen LogP contribution in [-0.4, -0.2) is 90.4 Å². The van der Waals surface area contributed by atoms with Gasteiger partial charge in [0.25, 0.3) is 0 Å². The molecule has 2 aliphatic heterocycles. The Hall–Kier alpha value is -4.75. The summed E-state index contributed by atoms with van der Waals surface area (Å²) in [5, 5.41) is 24.8. The number of carbonyl (C=O) groups excluding carboxylic acids is 1. The molecule has 2 aliphatic carbocycles. The van der Waals surface area contributed by atoms with Crippen molar-refractivity contribution in [2.24, 2.45) is 22.9 Å². The molecule has 7 atom stereocenters. The molecule has 12 heteroatoms. The summed E-state index contributed by atoms with van der Waals surface area (Å²) in [6, 6.07) is 18.8. The van der Waals surface area contributed by atoms with Crippen LogP contribution in [-0.2, 0) is 32.1 Å². The smallest absolute Gasteiger partial charge is 0.239 e. The van der Waals surface area contributed by atoms with E-state index in [1.54, 1.807) is 18.1 Å². The summed E-state index contributed by atoms with van der Waals surface area (Å²) < 4.78 is 32.3. The van der Waals surface area contributed by atoms with Crippen LogP contribution >= 0.6 is 0 Å². The number of allylic oxidation sites excluding steroid dienone is 1. The number of fused-ring (bicyclic) bond motifs is 2. The van der Waals surface area contributed by atoms with Crippen LogP contribution in [0.15, 0.2) is 90.1 Å². The first-order valence-electron chi connectivity index (χ1n) is 22.1. The number of rotatable bonds is 20. The van der Waals surface area contributed by atoms with Crippen LogP contribution < -0.4 is 14.2 Å². The molecule has 7 rings (SSSR count). The number of aliphatic hydroxyl groups excluding tert-OH is 2. The summed E-state index contributed by atoms with van der Waals surface area (Å²) in [5.74, 6) is 0.162. The van der Waals surface area contributed by atoms with E-state index in [-0.39, 0.29) is 49.9 Å². The average molecular weight is 838 g/mol. The zero-order valence-electron chi connectivity index (χ0n) is 36.0. The molecule has 0 radical (unpaired) electrons.